The molecule has 0 aliphatic heterocycles. The Morgan fingerprint density at radius 3 is 2.29 bits per heavy atom. The summed E-state index contributed by atoms with van der Waals surface area (Å²) in [5.74, 6) is 0.719. The number of hydrogen-bond acceptors (Lipinski definition) is 2. The van der Waals surface area contributed by atoms with Gasteiger partial charge >= 0.3 is 0 Å². The zero-order valence-electron chi connectivity index (χ0n) is 10.2. The van der Waals surface area contributed by atoms with Crippen molar-refractivity contribution in [1.29, 1.82) is 0 Å². The molecule has 0 spiro atoms. The molecule has 0 aliphatic rings. The third-order valence-electron chi connectivity index (χ3n) is 2.91. The standard InChI is InChI=1S/C12H26N2/c1-6-7-13-8-9-14-10-12(4,5)11(2)3/h6,11,13-14H,1,7-10H2,2-5H3. The summed E-state index contributed by atoms with van der Waals surface area (Å²) in [6, 6.07) is 0. The summed E-state index contributed by atoms with van der Waals surface area (Å²) >= 11 is 0. The van der Waals surface area contributed by atoms with E-state index in [1.165, 1.54) is 0 Å². The Bertz CT molecular complexity index is 150. The van der Waals surface area contributed by atoms with Crippen LogP contribution >= 0.6 is 0 Å². The van der Waals surface area contributed by atoms with Crippen molar-refractivity contribution in [1.82, 2.24) is 10.6 Å². The molecule has 0 atom stereocenters. The van der Waals surface area contributed by atoms with E-state index < -0.39 is 0 Å². The van der Waals surface area contributed by atoms with Crippen LogP contribution in [-0.4, -0.2) is 26.2 Å². The summed E-state index contributed by atoms with van der Waals surface area (Å²) < 4.78 is 0. The fraction of sp³-hybridized carbons (Fsp3) is 0.833. The second-order valence-corrected chi connectivity index (χ2v) is 4.81. The number of hydrogen-bond donors (Lipinski definition) is 2. The molecule has 2 N–H and O–H groups in total. The van der Waals surface area contributed by atoms with Gasteiger partial charge < -0.3 is 10.6 Å². The SMILES string of the molecule is C=CCNCCNCC(C)(C)C(C)C. The zero-order valence-corrected chi connectivity index (χ0v) is 10.2. The highest BCUT2D eigenvalue weighted by Crippen LogP contribution is 2.24. The fourth-order valence-corrected chi connectivity index (χ4v) is 0.996. The smallest absolute Gasteiger partial charge is 0.0132 e. The quantitative estimate of drug-likeness (QED) is 0.461. The molecule has 0 amide bonds. The van der Waals surface area contributed by atoms with E-state index >= 15 is 0 Å². The topological polar surface area (TPSA) is 24.1 Å². The highest BCUT2D eigenvalue weighted by Gasteiger charge is 2.21. The van der Waals surface area contributed by atoms with Crippen molar-refractivity contribution in [3.8, 4) is 0 Å². The van der Waals surface area contributed by atoms with E-state index in [4.69, 9.17) is 0 Å². The van der Waals surface area contributed by atoms with Crippen molar-refractivity contribution in [2.75, 3.05) is 26.2 Å². The van der Waals surface area contributed by atoms with Crippen LogP contribution in [0.25, 0.3) is 0 Å². The predicted molar refractivity (Wildman–Crippen MR) is 64.6 cm³/mol. The van der Waals surface area contributed by atoms with Crippen LogP contribution in [0.15, 0.2) is 12.7 Å². The molecule has 0 aromatic rings. The van der Waals surface area contributed by atoms with Gasteiger partial charge in [0.2, 0.25) is 0 Å². The summed E-state index contributed by atoms with van der Waals surface area (Å²) in [4.78, 5) is 0. The molecule has 0 aromatic heterocycles. The van der Waals surface area contributed by atoms with Gasteiger partial charge in [0, 0.05) is 26.2 Å². The van der Waals surface area contributed by atoms with E-state index in [1.807, 2.05) is 6.08 Å². The van der Waals surface area contributed by atoms with Crippen molar-refractivity contribution < 1.29 is 0 Å². The van der Waals surface area contributed by atoms with E-state index in [9.17, 15) is 0 Å². The zero-order chi connectivity index (χ0) is 11.0. The molecule has 0 saturated carbocycles. The largest absolute Gasteiger partial charge is 0.315 e. The average molecular weight is 198 g/mol. The van der Waals surface area contributed by atoms with Crippen LogP contribution in [0.2, 0.25) is 0 Å². The van der Waals surface area contributed by atoms with Gasteiger partial charge in [-0.3, -0.25) is 0 Å². The maximum atomic E-state index is 3.66. The van der Waals surface area contributed by atoms with Crippen molar-refractivity contribution in [3.63, 3.8) is 0 Å². The van der Waals surface area contributed by atoms with Crippen LogP contribution in [-0.2, 0) is 0 Å². The molecule has 0 rings (SSSR count). The first-order valence-corrected chi connectivity index (χ1v) is 5.53. The predicted octanol–water partition coefficient (Wildman–Crippen LogP) is 2.03. The average Bonchev–Trinajstić information content (AvgIpc) is 2.10. The second kappa shape index (κ2) is 7.02. The molecular weight excluding hydrogens is 172 g/mol. The maximum absolute atomic E-state index is 3.66. The summed E-state index contributed by atoms with van der Waals surface area (Å²) in [7, 11) is 0. The molecule has 14 heavy (non-hydrogen) atoms. The molecule has 0 aliphatic carbocycles. The van der Waals surface area contributed by atoms with Gasteiger partial charge in [0.15, 0.2) is 0 Å². The maximum Gasteiger partial charge on any atom is 0.0132 e. The fourth-order valence-electron chi connectivity index (χ4n) is 0.996. The van der Waals surface area contributed by atoms with Crippen molar-refractivity contribution in [2.24, 2.45) is 11.3 Å². The minimum atomic E-state index is 0.387. The van der Waals surface area contributed by atoms with Crippen LogP contribution in [0, 0.1) is 11.3 Å². The van der Waals surface area contributed by atoms with E-state index in [0.717, 1.165) is 32.1 Å². The van der Waals surface area contributed by atoms with E-state index in [2.05, 4.69) is 44.9 Å². The van der Waals surface area contributed by atoms with Crippen LogP contribution in [0.5, 0.6) is 0 Å². The van der Waals surface area contributed by atoms with E-state index in [-0.39, 0.29) is 0 Å². The van der Waals surface area contributed by atoms with E-state index in [1.54, 1.807) is 0 Å². The highest BCUT2D eigenvalue weighted by molar-refractivity contribution is 4.75. The first-order valence-electron chi connectivity index (χ1n) is 5.53. The molecule has 0 saturated heterocycles. The van der Waals surface area contributed by atoms with Gasteiger partial charge in [-0.1, -0.05) is 33.8 Å². The van der Waals surface area contributed by atoms with E-state index in [0.29, 0.717) is 5.41 Å². The summed E-state index contributed by atoms with van der Waals surface area (Å²) in [6.07, 6.45) is 1.89. The lowest BCUT2D eigenvalue weighted by atomic mass is 9.81. The van der Waals surface area contributed by atoms with Gasteiger partial charge in [0.05, 0.1) is 0 Å². The Kier molecular flexibility index (Phi) is 6.85. The number of nitrogens with one attached hydrogen (secondary N) is 2. The molecule has 0 fully saturated rings. The normalized spacial score (nSPS) is 12.1. The first-order chi connectivity index (χ1) is 6.50. The van der Waals surface area contributed by atoms with Crippen molar-refractivity contribution >= 4 is 0 Å². The molecule has 0 bridgehead atoms. The Morgan fingerprint density at radius 2 is 1.79 bits per heavy atom. The van der Waals surface area contributed by atoms with Crippen LogP contribution in [0.4, 0.5) is 0 Å². The minimum Gasteiger partial charge on any atom is -0.315 e. The van der Waals surface area contributed by atoms with Crippen LogP contribution < -0.4 is 10.6 Å². The molecule has 0 unspecified atom stereocenters. The van der Waals surface area contributed by atoms with Gasteiger partial charge in [0.25, 0.3) is 0 Å². The van der Waals surface area contributed by atoms with Crippen molar-refractivity contribution in [2.45, 2.75) is 27.7 Å². The lowest BCUT2D eigenvalue weighted by Gasteiger charge is -2.29. The Hall–Kier alpha value is -0.340. The lowest BCUT2D eigenvalue weighted by Crippen LogP contribution is -2.36. The molecule has 0 heterocycles. The molecule has 0 aromatic carbocycles. The summed E-state index contributed by atoms with van der Waals surface area (Å²) in [5.41, 5.74) is 0.387. The Morgan fingerprint density at radius 1 is 1.21 bits per heavy atom. The Labute approximate surface area is 89.2 Å². The van der Waals surface area contributed by atoms with Gasteiger partial charge in [0.1, 0.15) is 0 Å². The summed E-state index contributed by atoms with van der Waals surface area (Å²) in [5, 5.41) is 6.74. The van der Waals surface area contributed by atoms with Crippen LogP contribution in [0.3, 0.4) is 0 Å². The molecule has 2 heteroatoms. The minimum absolute atomic E-state index is 0.387. The van der Waals surface area contributed by atoms with Gasteiger partial charge in [-0.05, 0) is 11.3 Å². The Balaban J connectivity index is 3.39. The first kappa shape index (κ1) is 13.7. The van der Waals surface area contributed by atoms with Gasteiger partial charge in [-0.25, -0.2) is 0 Å². The third kappa shape index (κ3) is 6.17. The highest BCUT2D eigenvalue weighted by atomic mass is 14.9. The lowest BCUT2D eigenvalue weighted by molar-refractivity contribution is 0.239. The van der Waals surface area contributed by atoms with Crippen molar-refractivity contribution in [3.05, 3.63) is 12.7 Å². The van der Waals surface area contributed by atoms with Crippen LogP contribution in [0.1, 0.15) is 27.7 Å². The van der Waals surface area contributed by atoms with Gasteiger partial charge in [-0.15, -0.1) is 6.58 Å². The monoisotopic (exact) mass is 198 g/mol. The molecule has 0 radical (unpaired) electrons. The molecular formula is C12H26N2. The third-order valence-corrected chi connectivity index (χ3v) is 2.91. The van der Waals surface area contributed by atoms with Gasteiger partial charge in [-0.2, -0.15) is 0 Å². The summed E-state index contributed by atoms with van der Waals surface area (Å²) in [6.45, 7) is 16.9. The molecule has 84 valence electrons. The second-order valence-electron chi connectivity index (χ2n) is 4.81. The number of rotatable bonds is 8. The molecule has 2 nitrogen and oxygen atoms in total.